The molecule has 1 atom stereocenters. The van der Waals surface area contributed by atoms with Gasteiger partial charge in [-0.1, -0.05) is 24.3 Å². The van der Waals surface area contributed by atoms with Crippen molar-refractivity contribution in [3.8, 4) is 16.9 Å². The molecule has 1 amide bonds. The fourth-order valence-electron chi connectivity index (χ4n) is 4.97. The fourth-order valence-corrected chi connectivity index (χ4v) is 6.30. The maximum atomic E-state index is 13.5. The summed E-state index contributed by atoms with van der Waals surface area (Å²) >= 11 is -1.29. The van der Waals surface area contributed by atoms with Gasteiger partial charge in [0.2, 0.25) is 0 Å². The third-order valence-corrected chi connectivity index (χ3v) is 8.02. The number of carbonyl (C=O) groups excluding carboxylic acids is 1. The zero-order chi connectivity index (χ0) is 24.2. The summed E-state index contributed by atoms with van der Waals surface area (Å²) in [6.07, 6.45) is 0. The van der Waals surface area contributed by atoms with Crippen molar-refractivity contribution in [1.29, 1.82) is 0 Å². The van der Waals surface area contributed by atoms with Gasteiger partial charge in [-0.15, -0.1) is 0 Å². The van der Waals surface area contributed by atoms with E-state index in [1.54, 1.807) is 14.5 Å². The Labute approximate surface area is 204 Å². The Morgan fingerprint density at radius 2 is 1.89 bits per heavy atom. The lowest BCUT2D eigenvalue weighted by Gasteiger charge is -2.38. The van der Waals surface area contributed by atoms with Crippen LogP contribution in [0.15, 0.2) is 53.4 Å². The van der Waals surface area contributed by atoms with E-state index in [2.05, 4.69) is 0 Å². The molecule has 182 valence electrons. The van der Waals surface area contributed by atoms with E-state index in [0.717, 1.165) is 22.5 Å². The number of alkyl halides is 2. The standard InChI is InChI=1S/C25H24F2N4O3S/c26-25(27)15-29(16-25)13-17-4-3-5-18(12-17)31-23-19-6-1-2-7-21(19)35(33)14-20(23)22(28-31)24(32)30-8-10-34-11-9-30/h1-7,12H,8-11,13-16H2. The van der Waals surface area contributed by atoms with Crippen LogP contribution in [0.5, 0.6) is 0 Å². The van der Waals surface area contributed by atoms with Crippen molar-refractivity contribution in [2.75, 3.05) is 39.4 Å². The first-order valence-electron chi connectivity index (χ1n) is 11.6. The lowest BCUT2D eigenvalue weighted by Crippen LogP contribution is -2.55. The highest BCUT2D eigenvalue weighted by molar-refractivity contribution is 7.90. The van der Waals surface area contributed by atoms with E-state index in [1.807, 2.05) is 48.5 Å². The average molecular weight is 499 g/mol. The van der Waals surface area contributed by atoms with Crippen LogP contribution >= 0.6 is 0 Å². The van der Waals surface area contributed by atoms with Crippen molar-refractivity contribution in [3.05, 3.63) is 65.4 Å². The Morgan fingerprint density at radius 3 is 2.66 bits per heavy atom. The largest absolute Gasteiger partial charge is 0.611 e. The molecule has 2 aromatic carbocycles. The van der Waals surface area contributed by atoms with Crippen LogP contribution in [-0.2, 0) is 28.2 Å². The molecule has 0 radical (unpaired) electrons. The van der Waals surface area contributed by atoms with E-state index in [1.165, 1.54) is 0 Å². The molecule has 1 aromatic heterocycles. The third kappa shape index (κ3) is 4.14. The number of rotatable bonds is 4. The van der Waals surface area contributed by atoms with Crippen LogP contribution in [-0.4, -0.2) is 75.4 Å². The molecule has 35 heavy (non-hydrogen) atoms. The lowest BCUT2D eigenvalue weighted by molar-refractivity contribution is -0.133. The zero-order valence-electron chi connectivity index (χ0n) is 19.0. The van der Waals surface area contributed by atoms with E-state index < -0.39 is 17.1 Å². The molecule has 0 bridgehead atoms. The number of amides is 1. The van der Waals surface area contributed by atoms with Crippen LogP contribution in [0.3, 0.4) is 0 Å². The average Bonchev–Trinajstić information content (AvgIpc) is 3.23. The molecule has 0 saturated carbocycles. The number of nitrogens with zero attached hydrogens (tertiary/aromatic N) is 4. The highest BCUT2D eigenvalue weighted by atomic mass is 32.2. The van der Waals surface area contributed by atoms with E-state index >= 15 is 0 Å². The Hall–Kier alpha value is -2.79. The Balaban J connectivity index is 1.43. The molecule has 7 nitrogen and oxygen atoms in total. The van der Waals surface area contributed by atoms with Crippen molar-refractivity contribution in [1.82, 2.24) is 19.6 Å². The first-order valence-corrected chi connectivity index (χ1v) is 12.9. The number of morpholine rings is 1. The molecule has 0 aliphatic carbocycles. The summed E-state index contributed by atoms with van der Waals surface area (Å²) in [4.78, 5) is 17.6. The van der Waals surface area contributed by atoms with Gasteiger partial charge in [0.15, 0.2) is 10.6 Å². The van der Waals surface area contributed by atoms with Crippen molar-refractivity contribution in [3.63, 3.8) is 0 Å². The second-order valence-electron chi connectivity index (χ2n) is 9.15. The minimum atomic E-state index is -2.62. The van der Waals surface area contributed by atoms with E-state index in [9.17, 15) is 18.1 Å². The Morgan fingerprint density at radius 1 is 1.11 bits per heavy atom. The number of hydrogen-bond acceptors (Lipinski definition) is 5. The van der Waals surface area contributed by atoms with Crippen molar-refractivity contribution in [2.24, 2.45) is 0 Å². The summed E-state index contributed by atoms with van der Waals surface area (Å²) in [7, 11) is 0. The van der Waals surface area contributed by atoms with Crippen LogP contribution in [0.25, 0.3) is 16.9 Å². The SMILES string of the molecule is O=C(c1nn(-c2cccc(CN3CC(F)(F)C3)c2)c2c1C[S+]([O-])c1ccccc1-2)N1CCOCC1. The van der Waals surface area contributed by atoms with Crippen LogP contribution in [0, 0.1) is 0 Å². The van der Waals surface area contributed by atoms with Gasteiger partial charge in [0, 0.05) is 19.6 Å². The zero-order valence-corrected chi connectivity index (χ0v) is 19.8. The molecule has 1 unspecified atom stereocenters. The topological polar surface area (TPSA) is 73.7 Å². The molecule has 3 aliphatic rings. The molecule has 4 heterocycles. The van der Waals surface area contributed by atoms with Crippen molar-refractivity contribution >= 4 is 17.1 Å². The molecular weight excluding hydrogens is 474 g/mol. The number of halogens is 2. The maximum absolute atomic E-state index is 13.5. The number of benzene rings is 2. The molecule has 0 N–H and O–H groups in total. The lowest BCUT2D eigenvalue weighted by atomic mass is 10.0. The van der Waals surface area contributed by atoms with Gasteiger partial charge in [0.05, 0.1) is 48.8 Å². The monoisotopic (exact) mass is 498 g/mol. The quantitative estimate of drug-likeness (QED) is 0.517. The number of ether oxygens (including phenoxy) is 1. The van der Waals surface area contributed by atoms with Crippen molar-refractivity contribution in [2.45, 2.75) is 23.1 Å². The molecule has 6 rings (SSSR count). The van der Waals surface area contributed by atoms with Gasteiger partial charge in [0.25, 0.3) is 11.8 Å². The van der Waals surface area contributed by atoms with Crippen molar-refractivity contribution < 1.29 is 22.9 Å². The predicted molar refractivity (Wildman–Crippen MR) is 126 cm³/mol. The summed E-state index contributed by atoms with van der Waals surface area (Å²) in [5.41, 5.74) is 4.13. The molecular formula is C25H24F2N4O3S. The summed E-state index contributed by atoms with van der Waals surface area (Å²) < 4.78 is 46.8. The second-order valence-corrected chi connectivity index (χ2v) is 10.6. The van der Waals surface area contributed by atoms with Crippen LogP contribution in [0.1, 0.15) is 21.6 Å². The first kappa shape index (κ1) is 22.7. The molecule has 0 spiro atoms. The van der Waals surface area contributed by atoms with Gasteiger partial charge < -0.3 is 14.2 Å². The fraction of sp³-hybridized carbons (Fsp3) is 0.360. The van der Waals surface area contributed by atoms with Crippen LogP contribution < -0.4 is 0 Å². The van der Waals surface area contributed by atoms with Gasteiger partial charge in [0.1, 0.15) is 5.75 Å². The Kier molecular flexibility index (Phi) is 5.63. The molecule has 3 aliphatic heterocycles. The van der Waals surface area contributed by atoms with Gasteiger partial charge in [-0.05, 0) is 41.0 Å². The predicted octanol–water partition coefficient (Wildman–Crippen LogP) is 3.08. The summed E-state index contributed by atoms with van der Waals surface area (Å²) in [6.45, 7) is 1.83. The highest BCUT2D eigenvalue weighted by Crippen LogP contribution is 2.41. The van der Waals surface area contributed by atoms with E-state index in [4.69, 9.17) is 9.84 Å². The highest BCUT2D eigenvalue weighted by Gasteiger charge is 2.43. The van der Waals surface area contributed by atoms with Crippen LogP contribution in [0.4, 0.5) is 8.78 Å². The summed E-state index contributed by atoms with van der Waals surface area (Å²) in [5.74, 6) is -2.61. The van der Waals surface area contributed by atoms with Gasteiger partial charge in [-0.2, -0.15) is 5.10 Å². The van der Waals surface area contributed by atoms with Crippen LogP contribution in [0.2, 0.25) is 0 Å². The van der Waals surface area contributed by atoms with E-state index in [0.29, 0.717) is 49.0 Å². The minimum absolute atomic E-state index is 0.196. The number of aromatic nitrogens is 2. The molecule has 2 fully saturated rings. The Bertz CT molecular complexity index is 1280. The summed E-state index contributed by atoms with van der Waals surface area (Å²) in [6, 6.07) is 15.1. The normalized spacial score (nSPS) is 21.2. The smallest absolute Gasteiger partial charge is 0.275 e. The number of hydrogen-bond donors (Lipinski definition) is 0. The number of likely N-dealkylation sites (tertiary alicyclic amines) is 1. The number of carbonyl (C=O) groups is 1. The molecule has 10 heteroatoms. The first-order chi connectivity index (χ1) is 16.9. The van der Waals surface area contributed by atoms with Gasteiger partial charge >= 0.3 is 0 Å². The third-order valence-electron chi connectivity index (χ3n) is 6.62. The van der Waals surface area contributed by atoms with Gasteiger partial charge in [-0.3, -0.25) is 9.69 Å². The maximum Gasteiger partial charge on any atom is 0.275 e. The molecule has 2 saturated heterocycles. The van der Waals surface area contributed by atoms with Gasteiger partial charge in [-0.25, -0.2) is 13.5 Å². The second kappa shape index (κ2) is 8.70. The minimum Gasteiger partial charge on any atom is -0.611 e. The number of fused-ring (bicyclic) bond motifs is 3. The molecule has 3 aromatic rings. The summed E-state index contributed by atoms with van der Waals surface area (Å²) in [5, 5.41) is 4.76. The van der Waals surface area contributed by atoms with E-state index in [-0.39, 0.29) is 24.7 Å².